The molecule has 1 aromatic carbocycles. The van der Waals surface area contributed by atoms with Crippen LogP contribution >= 0.6 is 23.2 Å². The summed E-state index contributed by atoms with van der Waals surface area (Å²) in [6.07, 6.45) is 1.06. The van der Waals surface area contributed by atoms with Crippen molar-refractivity contribution in [1.29, 1.82) is 0 Å². The normalized spacial score (nSPS) is 10.4. The van der Waals surface area contributed by atoms with Crippen molar-refractivity contribution in [2.45, 2.75) is 0 Å². The first kappa shape index (κ1) is 11.0. The van der Waals surface area contributed by atoms with E-state index in [1.54, 1.807) is 18.2 Å². The molecule has 16 heavy (non-hydrogen) atoms. The van der Waals surface area contributed by atoms with Gasteiger partial charge in [-0.1, -0.05) is 23.2 Å². The third-order valence-electron chi connectivity index (χ3n) is 1.89. The van der Waals surface area contributed by atoms with E-state index in [1.165, 1.54) is 0 Å². The van der Waals surface area contributed by atoms with Crippen molar-refractivity contribution in [3.05, 3.63) is 40.3 Å². The molecule has 2 rings (SSSR count). The van der Waals surface area contributed by atoms with Gasteiger partial charge in [0.2, 0.25) is 0 Å². The summed E-state index contributed by atoms with van der Waals surface area (Å²) in [4.78, 5) is 14.4. The van der Waals surface area contributed by atoms with Gasteiger partial charge in [0, 0.05) is 15.6 Å². The molecule has 0 bridgehead atoms. The van der Waals surface area contributed by atoms with Gasteiger partial charge in [0.1, 0.15) is 0 Å². The molecule has 0 saturated heterocycles. The molecule has 0 radical (unpaired) electrons. The Balaban J connectivity index is 2.58. The Morgan fingerprint density at radius 3 is 2.44 bits per heavy atom. The predicted octanol–water partition coefficient (Wildman–Crippen LogP) is 3.35. The van der Waals surface area contributed by atoms with Gasteiger partial charge in [0.15, 0.2) is 17.8 Å². The summed E-state index contributed by atoms with van der Waals surface area (Å²) in [6.45, 7) is 0. The second kappa shape index (κ2) is 4.15. The van der Waals surface area contributed by atoms with E-state index >= 15 is 0 Å². The minimum absolute atomic E-state index is 0.136. The number of nitrogens with zero attached hydrogens (tertiary/aromatic N) is 1. The fraction of sp³-hybridized carbons (Fsp3) is 0. The summed E-state index contributed by atoms with van der Waals surface area (Å²) in [5, 5.41) is 9.66. The van der Waals surface area contributed by atoms with Crippen molar-refractivity contribution < 1.29 is 14.3 Å². The van der Waals surface area contributed by atoms with Gasteiger partial charge in [-0.2, -0.15) is 0 Å². The second-order valence-corrected chi connectivity index (χ2v) is 3.87. The molecule has 0 unspecified atom stereocenters. The molecule has 0 amide bonds. The van der Waals surface area contributed by atoms with E-state index in [0.29, 0.717) is 15.6 Å². The van der Waals surface area contributed by atoms with Crippen molar-refractivity contribution >= 4 is 29.2 Å². The van der Waals surface area contributed by atoms with Gasteiger partial charge in [-0.3, -0.25) is 0 Å². The first-order valence-electron chi connectivity index (χ1n) is 4.21. The van der Waals surface area contributed by atoms with E-state index in [9.17, 15) is 4.79 Å². The summed E-state index contributed by atoms with van der Waals surface area (Å²) in [5.41, 5.74) is 0.311. The molecule has 2 aromatic rings. The Morgan fingerprint density at radius 2 is 1.88 bits per heavy atom. The molecule has 0 aliphatic carbocycles. The Bertz CT molecular complexity index is 530. The van der Waals surface area contributed by atoms with Crippen LogP contribution in [0.2, 0.25) is 10.0 Å². The van der Waals surface area contributed by atoms with Crippen molar-refractivity contribution in [1.82, 2.24) is 4.98 Å². The zero-order chi connectivity index (χ0) is 11.7. The Morgan fingerprint density at radius 1 is 1.25 bits per heavy atom. The summed E-state index contributed by atoms with van der Waals surface area (Å²) in [7, 11) is 0. The Hall–Kier alpha value is -1.52. The lowest BCUT2D eigenvalue weighted by Crippen LogP contribution is -1.98. The lowest BCUT2D eigenvalue weighted by Gasteiger charge is -2.00. The molecule has 1 N–H and O–H groups in total. The van der Waals surface area contributed by atoms with E-state index in [1.807, 2.05) is 0 Å². The first-order valence-corrected chi connectivity index (χ1v) is 4.97. The van der Waals surface area contributed by atoms with Crippen LogP contribution in [0.25, 0.3) is 11.3 Å². The highest BCUT2D eigenvalue weighted by Gasteiger charge is 2.17. The number of carbonyl (C=O) groups is 1. The monoisotopic (exact) mass is 257 g/mol. The molecule has 0 saturated carbocycles. The fourth-order valence-corrected chi connectivity index (χ4v) is 1.81. The van der Waals surface area contributed by atoms with Gasteiger partial charge in [-0.15, -0.1) is 0 Å². The lowest BCUT2D eigenvalue weighted by atomic mass is 10.1. The molecule has 4 nitrogen and oxygen atoms in total. The van der Waals surface area contributed by atoms with Crippen LogP contribution in [0.1, 0.15) is 10.5 Å². The number of benzene rings is 1. The maximum atomic E-state index is 10.8. The molecule has 6 heteroatoms. The van der Waals surface area contributed by atoms with Crippen LogP contribution in [0, 0.1) is 0 Å². The molecule has 0 aliphatic heterocycles. The van der Waals surface area contributed by atoms with Gasteiger partial charge >= 0.3 is 5.97 Å². The van der Waals surface area contributed by atoms with Gasteiger partial charge in [-0.25, -0.2) is 9.78 Å². The van der Waals surface area contributed by atoms with Gasteiger partial charge < -0.3 is 9.52 Å². The van der Waals surface area contributed by atoms with Crippen LogP contribution in [-0.2, 0) is 0 Å². The highest BCUT2D eigenvalue weighted by Crippen LogP contribution is 2.29. The number of aromatic carboxylic acids is 1. The lowest BCUT2D eigenvalue weighted by molar-refractivity contribution is 0.0691. The molecule has 1 heterocycles. The number of oxazole rings is 1. The molecular formula is C10H5Cl2NO3. The molecule has 0 spiro atoms. The van der Waals surface area contributed by atoms with E-state index in [0.717, 1.165) is 6.39 Å². The van der Waals surface area contributed by atoms with Crippen LogP contribution in [-0.4, -0.2) is 16.1 Å². The molecule has 82 valence electrons. The number of carboxylic acid groups (broad SMARTS) is 1. The fourth-order valence-electron chi connectivity index (χ4n) is 1.29. The predicted molar refractivity (Wildman–Crippen MR) is 58.9 cm³/mol. The van der Waals surface area contributed by atoms with Crippen molar-refractivity contribution in [3.8, 4) is 11.3 Å². The maximum Gasteiger partial charge on any atom is 0.358 e. The molecule has 0 aliphatic rings. The first-order chi connectivity index (χ1) is 7.58. The van der Waals surface area contributed by atoms with E-state index in [4.69, 9.17) is 32.7 Å². The SMILES string of the molecule is O=C(O)c1ncoc1-c1cc(Cl)cc(Cl)c1. The van der Waals surface area contributed by atoms with Crippen LogP contribution in [0.15, 0.2) is 29.0 Å². The number of hydrogen-bond acceptors (Lipinski definition) is 3. The van der Waals surface area contributed by atoms with Crippen molar-refractivity contribution in [2.24, 2.45) is 0 Å². The highest BCUT2D eigenvalue weighted by atomic mass is 35.5. The molecule has 0 atom stereocenters. The third kappa shape index (κ3) is 2.03. The van der Waals surface area contributed by atoms with E-state index in [-0.39, 0.29) is 11.5 Å². The van der Waals surface area contributed by atoms with Crippen molar-refractivity contribution in [3.63, 3.8) is 0 Å². The van der Waals surface area contributed by atoms with Crippen LogP contribution in [0.5, 0.6) is 0 Å². The second-order valence-electron chi connectivity index (χ2n) is 2.99. The Kier molecular flexibility index (Phi) is 2.85. The third-order valence-corrected chi connectivity index (χ3v) is 2.33. The minimum atomic E-state index is -1.17. The summed E-state index contributed by atoms with van der Waals surface area (Å²) >= 11 is 11.6. The average Bonchev–Trinajstić information content (AvgIpc) is 2.63. The number of aromatic nitrogens is 1. The quantitative estimate of drug-likeness (QED) is 0.897. The van der Waals surface area contributed by atoms with Crippen LogP contribution in [0.3, 0.4) is 0 Å². The molecular weight excluding hydrogens is 253 g/mol. The summed E-state index contributed by atoms with van der Waals surface area (Å²) in [5.74, 6) is -1.03. The number of halogens is 2. The zero-order valence-electron chi connectivity index (χ0n) is 7.78. The van der Waals surface area contributed by atoms with E-state index in [2.05, 4.69) is 4.98 Å². The van der Waals surface area contributed by atoms with Crippen LogP contribution in [0.4, 0.5) is 0 Å². The molecule has 0 fully saturated rings. The molecule has 1 aromatic heterocycles. The van der Waals surface area contributed by atoms with Gasteiger partial charge in [0.25, 0.3) is 0 Å². The summed E-state index contributed by atoms with van der Waals surface area (Å²) in [6, 6.07) is 4.66. The van der Waals surface area contributed by atoms with Gasteiger partial charge in [0.05, 0.1) is 0 Å². The Labute approximate surface area is 100 Å². The maximum absolute atomic E-state index is 10.8. The van der Waals surface area contributed by atoms with Crippen molar-refractivity contribution in [2.75, 3.05) is 0 Å². The van der Waals surface area contributed by atoms with Crippen LogP contribution < -0.4 is 0 Å². The average molecular weight is 258 g/mol. The minimum Gasteiger partial charge on any atom is -0.476 e. The zero-order valence-corrected chi connectivity index (χ0v) is 9.29. The topological polar surface area (TPSA) is 63.3 Å². The largest absolute Gasteiger partial charge is 0.476 e. The summed E-state index contributed by atoms with van der Waals surface area (Å²) < 4.78 is 5.01. The number of rotatable bonds is 2. The van der Waals surface area contributed by atoms with E-state index < -0.39 is 5.97 Å². The highest BCUT2D eigenvalue weighted by molar-refractivity contribution is 6.35. The standard InChI is InChI=1S/C10H5Cl2NO3/c11-6-1-5(2-7(12)3-6)9-8(10(14)15)13-4-16-9/h1-4H,(H,14,15). The van der Waals surface area contributed by atoms with Gasteiger partial charge in [-0.05, 0) is 18.2 Å². The smallest absolute Gasteiger partial charge is 0.358 e. The number of carboxylic acids is 1. The number of hydrogen-bond donors (Lipinski definition) is 1.